The summed E-state index contributed by atoms with van der Waals surface area (Å²) in [5, 5.41) is 31.0. The fraction of sp³-hybridized carbons (Fsp3) is 0.364. The Balaban J connectivity index is 3.47. The minimum Gasteiger partial charge on any atom is -0.474 e. The number of anilines is 1. The van der Waals surface area contributed by atoms with Gasteiger partial charge in [0.1, 0.15) is 5.69 Å². The van der Waals surface area contributed by atoms with E-state index >= 15 is 0 Å². The number of carboxylic acids is 1. The van der Waals surface area contributed by atoms with Crippen molar-refractivity contribution in [1.29, 1.82) is 0 Å². The lowest BCUT2D eigenvalue weighted by atomic mass is 10.1. The largest absolute Gasteiger partial charge is 0.474 e. The Labute approximate surface area is 123 Å². The molecule has 1 aromatic carbocycles. The first-order valence-electron chi connectivity index (χ1n) is 5.74. The molecule has 114 valence electrons. The highest BCUT2D eigenvalue weighted by atomic mass is 32.2. The van der Waals surface area contributed by atoms with Crippen molar-refractivity contribution in [3.05, 3.63) is 50.6 Å². The topological polar surface area (TPSA) is 127 Å². The molecule has 0 heterocycles. The SMILES string of the molecule is CSCCC(C(=O)O)(N(c1ccccc1)[N+](=O)[O-])[N+](=O)[O-]. The zero-order chi connectivity index (χ0) is 16.0. The van der Waals surface area contributed by atoms with Gasteiger partial charge in [-0.05, 0) is 23.4 Å². The van der Waals surface area contributed by atoms with Crippen LogP contribution in [-0.2, 0) is 4.79 Å². The fourth-order valence-electron chi connectivity index (χ4n) is 1.81. The maximum Gasteiger partial charge on any atom is 0.444 e. The summed E-state index contributed by atoms with van der Waals surface area (Å²) in [6.45, 7) is 0. The molecule has 0 aliphatic carbocycles. The van der Waals surface area contributed by atoms with E-state index in [0.29, 0.717) is 0 Å². The number of benzene rings is 1. The summed E-state index contributed by atoms with van der Waals surface area (Å²) < 4.78 is 0. The predicted molar refractivity (Wildman–Crippen MR) is 76.3 cm³/mol. The lowest BCUT2D eigenvalue weighted by molar-refractivity contribution is -0.624. The quantitative estimate of drug-likeness (QED) is 0.434. The third-order valence-electron chi connectivity index (χ3n) is 2.81. The van der Waals surface area contributed by atoms with Crippen molar-refractivity contribution >= 4 is 23.4 Å². The van der Waals surface area contributed by atoms with Crippen LogP contribution < -0.4 is 5.01 Å². The normalized spacial score (nSPS) is 13.2. The predicted octanol–water partition coefficient (Wildman–Crippen LogP) is 1.50. The molecule has 1 atom stereocenters. The Kier molecular flexibility index (Phi) is 5.47. The number of rotatable bonds is 8. The molecule has 1 unspecified atom stereocenters. The average Bonchev–Trinajstić information content (AvgIpc) is 2.43. The number of thioether (sulfide) groups is 1. The van der Waals surface area contributed by atoms with Crippen molar-refractivity contribution in [3.63, 3.8) is 0 Å². The van der Waals surface area contributed by atoms with Gasteiger partial charge in [0.2, 0.25) is 0 Å². The average molecular weight is 315 g/mol. The van der Waals surface area contributed by atoms with Crippen molar-refractivity contribution in [2.24, 2.45) is 0 Å². The summed E-state index contributed by atoms with van der Waals surface area (Å²) in [5.41, 5.74) is -3.02. The van der Waals surface area contributed by atoms with Crippen LogP contribution >= 0.6 is 11.8 Å². The second kappa shape index (κ2) is 6.88. The van der Waals surface area contributed by atoms with Crippen molar-refractivity contribution < 1.29 is 19.9 Å². The summed E-state index contributed by atoms with van der Waals surface area (Å²) in [6, 6.07) is 6.95. The Morgan fingerprint density at radius 3 is 2.29 bits per heavy atom. The van der Waals surface area contributed by atoms with Gasteiger partial charge in [-0.1, -0.05) is 18.2 Å². The Hall–Kier alpha value is -2.36. The van der Waals surface area contributed by atoms with Gasteiger partial charge >= 0.3 is 11.6 Å². The van der Waals surface area contributed by atoms with E-state index in [1.165, 1.54) is 36.0 Å². The number of nitrogens with zero attached hydrogens (tertiary/aromatic N) is 3. The summed E-state index contributed by atoms with van der Waals surface area (Å²) in [6.07, 6.45) is 1.12. The van der Waals surface area contributed by atoms with Crippen LogP contribution in [0.15, 0.2) is 30.3 Å². The van der Waals surface area contributed by atoms with E-state index in [1.807, 2.05) is 0 Å². The van der Waals surface area contributed by atoms with Crippen LogP contribution in [0.5, 0.6) is 0 Å². The first kappa shape index (κ1) is 16.7. The van der Waals surface area contributed by atoms with Gasteiger partial charge in [-0.25, -0.2) is 14.9 Å². The molecule has 0 aromatic heterocycles. The smallest absolute Gasteiger partial charge is 0.444 e. The molecule has 0 radical (unpaired) electrons. The highest BCUT2D eigenvalue weighted by Gasteiger charge is 2.63. The lowest BCUT2D eigenvalue weighted by Crippen LogP contribution is -2.63. The molecule has 0 amide bonds. The monoisotopic (exact) mass is 315 g/mol. The minimum absolute atomic E-state index is 0.0878. The molecule has 10 heteroatoms. The molecule has 1 rings (SSSR count). The number of hydrogen-bond donors (Lipinski definition) is 1. The van der Waals surface area contributed by atoms with E-state index in [4.69, 9.17) is 0 Å². The molecule has 0 bridgehead atoms. The van der Waals surface area contributed by atoms with Gasteiger partial charge in [-0.2, -0.15) is 11.8 Å². The molecule has 0 saturated carbocycles. The van der Waals surface area contributed by atoms with Crippen molar-refractivity contribution in [1.82, 2.24) is 0 Å². The number of carboxylic acid groups (broad SMARTS) is 1. The van der Waals surface area contributed by atoms with E-state index in [-0.39, 0.29) is 16.4 Å². The highest BCUT2D eigenvalue weighted by molar-refractivity contribution is 7.98. The molecule has 9 nitrogen and oxygen atoms in total. The Morgan fingerprint density at radius 1 is 1.33 bits per heavy atom. The van der Waals surface area contributed by atoms with Crippen molar-refractivity contribution in [2.75, 3.05) is 17.0 Å². The first-order valence-corrected chi connectivity index (χ1v) is 7.13. The molecule has 1 N–H and O–H groups in total. The molecule has 21 heavy (non-hydrogen) atoms. The van der Waals surface area contributed by atoms with Crippen LogP contribution in [-0.4, -0.2) is 38.7 Å². The fourth-order valence-corrected chi connectivity index (χ4v) is 2.30. The van der Waals surface area contributed by atoms with Crippen LogP contribution in [0, 0.1) is 20.2 Å². The molecule has 0 aliphatic heterocycles. The molecule has 1 aromatic rings. The number of hydrazine groups is 1. The first-order chi connectivity index (χ1) is 9.87. The van der Waals surface area contributed by atoms with Crippen LogP contribution in [0.4, 0.5) is 5.69 Å². The number of carbonyl (C=O) groups is 1. The number of aliphatic carboxylic acids is 1. The summed E-state index contributed by atoms with van der Waals surface area (Å²) in [7, 11) is 0. The van der Waals surface area contributed by atoms with Crippen molar-refractivity contribution in [2.45, 2.75) is 12.1 Å². The maximum atomic E-state index is 11.5. The minimum atomic E-state index is -2.85. The van der Waals surface area contributed by atoms with Crippen molar-refractivity contribution in [3.8, 4) is 0 Å². The maximum absolute atomic E-state index is 11.5. The van der Waals surface area contributed by atoms with Gasteiger partial charge in [0.25, 0.3) is 0 Å². The summed E-state index contributed by atoms with van der Waals surface area (Å²) >= 11 is 1.17. The van der Waals surface area contributed by atoms with E-state index in [9.17, 15) is 30.1 Å². The van der Waals surface area contributed by atoms with Crippen LogP contribution in [0.2, 0.25) is 0 Å². The Morgan fingerprint density at radius 2 is 1.90 bits per heavy atom. The molecular formula is C11H13N3O6S. The van der Waals surface area contributed by atoms with E-state index in [0.717, 1.165) is 0 Å². The number of nitro groups is 2. The summed E-state index contributed by atoms with van der Waals surface area (Å²) in [4.78, 5) is 33.0. The van der Waals surface area contributed by atoms with E-state index in [2.05, 4.69) is 0 Å². The summed E-state index contributed by atoms with van der Waals surface area (Å²) in [5.74, 6) is -1.79. The Bertz CT molecular complexity index is 524. The zero-order valence-corrected chi connectivity index (χ0v) is 11.9. The van der Waals surface area contributed by atoms with Gasteiger partial charge < -0.3 is 5.11 Å². The molecular weight excluding hydrogens is 302 g/mol. The molecule has 0 fully saturated rings. The highest BCUT2D eigenvalue weighted by Crippen LogP contribution is 2.29. The second-order valence-electron chi connectivity index (χ2n) is 4.01. The molecule has 0 saturated heterocycles. The second-order valence-corrected chi connectivity index (χ2v) is 4.99. The molecule has 0 spiro atoms. The van der Waals surface area contributed by atoms with Gasteiger partial charge in [0.15, 0.2) is 5.03 Å². The van der Waals surface area contributed by atoms with Crippen LogP contribution in [0.1, 0.15) is 6.42 Å². The van der Waals surface area contributed by atoms with Gasteiger partial charge in [-0.3, -0.25) is 10.1 Å². The van der Waals surface area contributed by atoms with Gasteiger partial charge in [-0.15, -0.1) is 0 Å². The van der Waals surface area contributed by atoms with E-state index < -0.39 is 28.0 Å². The van der Waals surface area contributed by atoms with Gasteiger partial charge in [0.05, 0.1) is 11.3 Å². The third-order valence-corrected chi connectivity index (χ3v) is 3.43. The third kappa shape index (κ3) is 3.21. The van der Waals surface area contributed by atoms with Crippen LogP contribution in [0.25, 0.3) is 0 Å². The van der Waals surface area contributed by atoms with Gasteiger partial charge in [0, 0.05) is 5.75 Å². The number of hydrogen-bond acceptors (Lipinski definition) is 6. The van der Waals surface area contributed by atoms with Crippen LogP contribution in [0.3, 0.4) is 0 Å². The lowest BCUT2D eigenvalue weighted by Gasteiger charge is -2.26. The molecule has 0 aliphatic rings. The van der Waals surface area contributed by atoms with E-state index in [1.54, 1.807) is 12.3 Å². The number of para-hydroxylation sites is 1. The standard InChI is InChI=1S/C11H13N3O6S/c1-21-8-7-11(10(15)16,13(17)18)12(14(19)20)9-5-3-2-4-6-9/h2-6H,7-8H2,1H3,(H,15,16). The zero-order valence-electron chi connectivity index (χ0n) is 11.0.